The van der Waals surface area contributed by atoms with Crippen molar-refractivity contribution in [3.8, 4) is 0 Å². The molecular weight excluding hydrogens is 208 g/mol. The second-order valence-corrected chi connectivity index (χ2v) is 4.61. The summed E-state index contributed by atoms with van der Waals surface area (Å²) in [5.41, 5.74) is 1.90. The molecule has 0 aromatic heterocycles. The highest BCUT2D eigenvalue weighted by atomic mass is 16.7. The fourth-order valence-electron chi connectivity index (χ4n) is 2.27. The number of carbonyl (C=O) groups excluding carboxylic acids is 1. The van der Waals surface area contributed by atoms with Gasteiger partial charge in [-0.05, 0) is 20.0 Å². The van der Waals surface area contributed by atoms with E-state index >= 15 is 0 Å². The van der Waals surface area contributed by atoms with Crippen molar-refractivity contribution in [2.75, 3.05) is 33.7 Å². The second-order valence-electron chi connectivity index (χ2n) is 4.61. The number of hydrogen-bond acceptors (Lipinski definition) is 6. The normalized spacial score (nSPS) is 26.3. The number of carbonyl (C=O) groups is 1. The summed E-state index contributed by atoms with van der Waals surface area (Å²) in [6.45, 7) is 5.02. The van der Waals surface area contributed by atoms with Gasteiger partial charge in [0.1, 0.15) is 0 Å². The minimum absolute atomic E-state index is 0.316. The van der Waals surface area contributed by atoms with Crippen LogP contribution < -0.4 is 11.4 Å². The topological polar surface area (TPSA) is 70.8 Å². The Labute approximate surface area is 96.6 Å². The van der Waals surface area contributed by atoms with Crippen molar-refractivity contribution in [2.24, 2.45) is 11.8 Å². The summed E-state index contributed by atoms with van der Waals surface area (Å²) in [5.74, 6) is 5.21. The molecule has 3 N–H and O–H groups in total. The molecule has 2 atom stereocenters. The van der Waals surface area contributed by atoms with Crippen LogP contribution in [0.3, 0.4) is 0 Å². The smallest absolute Gasteiger partial charge is 0.327 e. The third kappa shape index (κ3) is 3.71. The first kappa shape index (κ1) is 13.4. The van der Waals surface area contributed by atoms with Gasteiger partial charge in [0.05, 0.1) is 6.42 Å². The van der Waals surface area contributed by atoms with Gasteiger partial charge < -0.3 is 14.6 Å². The summed E-state index contributed by atoms with van der Waals surface area (Å²) in [7, 11) is 4.19. The molecule has 0 aromatic carbocycles. The van der Waals surface area contributed by atoms with E-state index in [9.17, 15) is 4.79 Å². The lowest BCUT2D eigenvalue weighted by atomic mass is 10.1. The molecule has 1 rings (SSSR count). The number of nitrogens with one attached hydrogen (secondary N) is 1. The molecular formula is C10H22N4O2. The van der Waals surface area contributed by atoms with E-state index in [-0.39, 0.29) is 5.97 Å². The van der Waals surface area contributed by atoms with Gasteiger partial charge in [0.2, 0.25) is 0 Å². The number of likely N-dealkylation sites (N-methyl/N-ethyl adjacent to an activating group) is 1. The highest BCUT2D eigenvalue weighted by Gasteiger charge is 2.30. The fourth-order valence-corrected chi connectivity index (χ4v) is 2.27. The van der Waals surface area contributed by atoms with Gasteiger partial charge in [0, 0.05) is 25.7 Å². The van der Waals surface area contributed by atoms with Crippen LogP contribution in [-0.4, -0.2) is 55.5 Å². The molecule has 6 nitrogen and oxygen atoms in total. The Balaban J connectivity index is 2.28. The summed E-state index contributed by atoms with van der Waals surface area (Å²) >= 11 is 0. The molecule has 94 valence electrons. The lowest BCUT2D eigenvalue weighted by molar-refractivity contribution is -0.151. The summed E-state index contributed by atoms with van der Waals surface area (Å²) in [4.78, 5) is 20.1. The summed E-state index contributed by atoms with van der Waals surface area (Å²) in [5, 5.41) is 0. The van der Waals surface area contributed by atoms with Gasteiger partial charge >= 0.3 is 5.97 Å². The van der Waals surface area contributed by atoms with Crippen LogP contribution in [0, 0.1) is 5.92 Å². The molecule has 1 saturated heterocycles. The van der Waals surface area contributed by atoms with Gasteiger partial charge in [-0.2, -0.15) is 0 Å². The molecule has 0 radical (unpaired) electrons. The van der Waals surface area contributed by atoms with Gasteiger partial charge in [-0.25, -0.2) is 5.84 Å². The lowest BCUT2D eigenvalue weighted by Crippen LogP contribution is -2.35. The zero-order valence-corrected chi connectivity index (χ0v) is 10.3. The average molecular weight is 230 g/mol. The molecule has 1 fully saturated rings. The first-order valence-corrected chi connectivity index (χ1v) is 5.58. The average Bonchev–Trinajstić information content (AvgIpc) is 2.57. The molecule has 0 aliphatic carbocycles. The maximum atomic E-state index is 11.1. The van der Waals surface area contributed by atoms with E-state index in [1.807, 2.05) is 5.59 Å². The van der Waals surface area contributed by atoms with E-state index in [4.69, 9.17) is 5.84 Å². The predicted molar refractivity (Wildman–Crippen MR) is 61.1 cm³/mol. The van der Waals surface area contributed by atoms with E-state index in [0.717, 1.165) is 19.6 Å². The van der Waals surface area contributed by atoms with Crippen LogP contribution in [0.5, 0.6) is 0 Å². The zero-order chi connectivity index (χ0) is 12.1. The minimum atomic E-state index is -0.316. The first-order valence-electron chi connectivity index (χ1n) is 5.58. The van der Waals surface area contributed by atoms with Crippen molar-refractivity contribution in [2.45, 2.75) is 19.4 Å². The van der Waals surface area contributed by atoms with Crippen LogP contribution in [0.15, 0.2) is 0 Å². The molecule has 0 aromatic rings. The third-order valence-electron chi connectivity index (χ3n) is 3.12. The molecule has 0 saturated carbocycles. The molecule has 0 spiro atoms. The summed E-state index contributed by atoms with van der Waals surface area (Å²) < 4.78 is 0. The monoisotopic (exact) mass is 230 g/mol. The highest BCUT2D eigenvalue weighted by Crippen LogP contribution is 2.19. The molecule has 1 aliphatic heterocycles. The van der Waals surface area contributed by atoms with Crippen LogP contribution in [0.4, 0.5) is 0 Å². The van der Waals surface area contributed by atoms with Crippen molar-refractivity contribution < 1.29 is 9.63 Å². The van der Waals surface area contributed by atoms with Crippen LogP contribution in [0.25, 0.3) is 0 Å². The second kappa shape index (κ2) is 6.15. The Morgan fingerprint density at radius 3 is 2.75 bits per heavy atom. The van der Waals surface area contributed by atoms with Crippen LogP contribution >= 0.6 is 0 Å². The molecule has 6 heteroatoms. The van der Waals surface area contributed by atoms with Crippen molar-refractivity contribution in [1.29, 1.82) is 0 Å². The number of likely N-dealkylation sites (tertiary alicyclic amines) is 1. The first-order chi connectivity index (χ1) is 7.54. The van der Waals surface area contributed by atoms with Gasteiger partial charge in [-0.3, -0.25) is 4.79 Å². The maximum absolute atomic E-state index is 11.1. The Kier molecular flexibility index (Phi) is 5.14. The summed E-state index contributed by atoms with van der Waals surface area (Å²) in [6, 6.07) is 0.573. The standard InChI is InChI=1S/C10H22N4O2/c1-8-6-14(7-9(8)13(2)3)5-4-10(15)16-12-11/h8-9,12H,4-7,11H2,1-3H3. The van der Waals surface area contributed by atoms with E-state index < -0.39 is 0 Å². The fraction of sp³-hybridized carbons (Fsp3) is 0.900. The molecule has 16 heavy (non-hydrogen) atoms. The van der Waals surface area contributed by atoms with Crippen molar-refractivity contribution in [3.63, 3.8) is 0 Å². The third-order valence-corrected chi connectivity index (χ3v) is 3.12. The molecule has 2 unspecified atom stereocenters. The van der Waals surface area contributed by atoms with Crippen molar-refractivity contribution >= 4 is 5.97 Å². The quantitative estimate of drug-likeness (QED) is 0.475. The largest absolute Gasteiger partial charge is 0.356 e. The SMILES string of the molecule is CC1CN(CCC(=O)ONN)CC1N(C)C. The van der Waals surface area contributed by atoms with Crippen LogP contribution in [0.1, 0.15) is 13.3 Å². The van der Waals surface area contributed by atoms with Gasteiger partial charge in [0.15, 0.2) is 0 Å². The zero-order valence-electron chi connectivity index (χ0n) is 10.3. The molecule has 0 bridgehead atoms. The molecule has 1 aliphatic rings. The number of nitrogens with two attached hydrogens (primary N) is 1. The Hall–Kier alpha value is -0.690. The predicted octanol–water partition coefficient (Wildman–Crippen LogP) is -0.820. The van der Waals surface area contributed by atoms with E-state index in [2.05, 4.69) is 35.7 Å². The Morgan fingerprint density at radius 2 is 2.25 bits per heavy atom. The number of rotatable bonds is 5. The minimum Gasteiger partial charge on any atom is -0.356 e. The summed E-state index contributed by atoms with van der Waals surface area (Å²) in [6.07, 6.45) is 0.372. The van der Waals surface area contributed by atoms with E-state index in [0.29, 0.717) is 18.4 Å². The number of nitrogens with zero attached hydrogens (tertiary/aromatic N) is 2. The molecule has 1 heterocycles. The van der Waals surface area contributed by atoms with Crippen LogP contribution in [-0.2, 0) is 9.63 Å². The van der Waals surface area contributed by atoms with E-state index in [1.165, 1.54) is 0 Å². The van der Waals surface area contributed by atoms with Gasteiger partial charge in [0.25, 0.3) is 0 Å². The van der Waals surface area contributed by atoms with Crippen molar-refractivity contribution in [3.05, 3.63) is 0 Å². The van der Waals surface area contributed by atoms with Crippen molar-refractivity contribution in [1.82, 2.24) is 15.4 Å². The highest BCUT2D eigenvalue weighted by molar-refractivity contribution is 5.69. The Morgan fingerprint density at radius 1 is 1.56 bits per heavy atom. The van der Waals surface area contributed by atoms with Gasteiger partial charge in [-0.15, -0.1) is 0 Å². The maximum Gasteiger partial charge on any atom is 0.327 e. The lowest BCUT2D eigenvalue weighted by Gasteiger charge is -2.22. The Bertz CT molecular complexity index is 235. The molecule has 0 amide bonds. The van der Waals surface area contributed by atoms with E-state index in [1.54, 1.807) is 0 Å². The van der Waals surface area contributed by atoms with Gasteiger partial charge in [-0.1, -0.05) is 12.5 Å². The number of hydrogen-bond donors (Lipinski definition) is 2. The van der Waals surface area contributed by atoms with Crippen LogP contribution in [0.2, 0.25) is 0 Å². The number of hydrazine groups is 1.